The van der Waals surface area contributed by atoms with Gasteiger partial charge in [0.2, 0.25) is 0 Å². The average Bonchev–Trinajstić information content (AvgIpc) is 2.83. The van der Waals surface area contributed by atoms with Gasteiger partial charge >= 0.3 is 5.97 Å². The number of carbonyl (C=O) groups is 1. The zero-order chi connectivity index (χ0) is 12.8. The monoisotopic (exact) mass is 278 g/mol. The third kappa shape index (κ3) is 3.97. The Kier molecular flexibility index (Phi) is 4.49. The molecule has 0 spiro atoms. The summed E-state index contributed by atoms with van der Waals surface area (Å²) < 4.78 is 0. The third-order valence-electron chi connectivity index (χ3n) is 1.96. The molecule has 92 valence electrons. The molecule has 4 nitrogen and oxygen atoms in total. The summed E-state index contributed by atoms with van der Waals surface area (Å²) in [6.45, 7) is 0. The first-order valence-electron chi connectivity index (χ1n) is 5.13. The lowest BCUT2D eigenvalue weighted by Gasteiger charge is -1.95. The molecule has 1 N–H and O–H groups in total. The SMILES string of the molecule is O=C(O)C=Cc1ccc(CSc2ncccn2)s1. The first-order chi connectivity index (χ1) is 8.74. The number of thiophene rings is 1. The van der Waals surface area contributed by atoms with Crippen LogP contribution in [0.2, 0.25) is 0 Å². The fourth-order valence-electron chi connectivity index (χ4n) is 1.21. The molecule has 0 unspecified atom stereocenters. The Morgan fingerprint density at radius 2 is 2.17 bits per heavy atom. The molecule has 0 radical (unpaired) electrons. The lowest BCUT2D eigenvalue weighted by molar-refractivity contribution is -0.131. The number of rotatable bonds is 5. The maximum Gasteiger partial charge on any atom is 0.328 e. The molecule has 18 heavy (non-hydrogen) atoms. The number of aromatic nitrogens is 2. The highest BCUT2D eigenvalue weighted by atomic mass is 32.2. The zero-order valence-corrected chi connectivity index (χ0v) is 10.9. The predicted octanol–water partition coefficient (Wildman–Crippen LogP) is 2.93. The average molecular weight is 278 g/mol. The van der Waals surface area contributed by atoms with Gasteiger partial charge in [0.25, 0.3) is 0 Å². The van der Waals surface area contributed by atoms with Crippen molar-refractivity contribution in [1.29, 1.82) is 0 Å². The molecule has 2 rings (SSSR count). The molecule has 0 aliphatic carbocycles. The molecule has 0 aliphatic heterocycles. The van der Waals surface area contributed by atoms with Crippen molar-refractivity contribution < 1.29 is 9.90 Å². The lowest BCUT2D eigenvalue weighted by atomic mass is 10.4. The van der Waals surface area contributed by atoms with Gasteiger partial charge in [0, 0.05) is 34.0 Å². The van der Waals surface area contributed by atoms with Gasteiger partial charge in [-0.1, -0.05) is 11.8 Å². The molecule has 0 bridgehead atoms. The number of hydrogen-bond donors (Lipinski definition) is 1. The molecule has 0 atom stereocenters. The molecule has 0 saturated heterocycles. The smallest absolute Gasteiger partial charge is 0.328 e. The van der Waals surface area contributed by atoms with Gasteiger partial charge < -0.3 is 5.11 Å². The molecule has 2 heterocycles. The van der Waals surface area contributed by atoms with E-state index in [4.69, 9.17) is 5.11 Å². The van der Waals surface area contributed by atoms with Gasteiger partial charge in [-0.2, -0.15) is 0 Å². The largest absolute Gasteiger partial charge is 0.478 e. The molecular formula is C12H10N2O2S2. The highest BCUT2D eigenvalue weighted by Crippen LogP contribution is 2.25. The van der Waals surface area contributed by atoms with Gasteiger partial charge in [-0.3, -0.25) is 0 Å². The maximum atomic E-state index is 10.4. The second-order valence-corrected chi connectivity index (χ2v) is 5.44. The Morgan fingerprint density at radius 1 is 1.39 bits per heavy atom. The number of thioether (sulfide) groups is 1. The van der Waals surface area contributed by atoms with Crippen molar-refractivity contribution in [2.45, 2.75) is 10.9 Å². The van der Waals surface area contributed by atoms with Gasteiger partial charge in [0.15, 0.2) is 5.16 Å². The van der Waals surface area contributed by atoms with Crippen LogP contribution in [0.4, 0.5) is 0 Å². The molecule has 0 aliphatic rings. The Morgan fingerprint density at radius 3 is 2.89 bits per heavy atom. The molecule has 0 aromatic carbocycles. The number of aliphatic carboxylic acids is 1. The van der Waals surface area contributed by atoms with E-state index >= 15 is 0 Å². The highest BCUT2D eigenvalue weighted by Gasteiger charge is 2.01. The van der Waals surface area contributed by atoms with E-state index in [1.165, 1.54) is 0 Å². The van der Waals surface area contributed by atoms with Crippen LogP contribution in [0.1, 0.15) is 9.75 Å². The standard InChI is InChI=1S/C12H10N2O2S2/c15-11(16)5-4-9-2-3-10(18-9)8-17-12-13-6-1-7-14-12/h1-7H,8H2,(H,15,16). The number of hydrogen-bond acceptors (Lipinski definition) is 5. The van der Waals surface area contributed by atoms with Crippen LogP contribution in [0.5, 0.6) is 0 Å². The van der Waals surface area contributed by atoms with Crippen LogP contribution >= 0.6 is 23.1 Å². The van der Waals surface area contributed by atoms with Crippen molar-refractivity contribution >= 4 is 35.1 Å². The van der Waals surface area contributed by atoms with Crippen molar-refractivity contribution in [3.8, 4) is 0 Å². The lowest BCUT2D eigenvalue weighted by Crippen LogP contribution is -1.84. The van der Waals surface area contributed by atoms with Crippen molar-refractivity contribution in [2.75, 3.05) is 0 Å². The zero-order valence-electron chi connectivity index (χ0n) is 9.31. The Labute approximate surface area is 112 Å². The summed E-state index contributed by atoms with van der Waals surface area (Å²) in [7, 11) is 0. The highest BCUT2D eigenvalue weighted by molar-refractivity contribution is 7.98. The minimum absolute atomic E-state index is 0.744. The molecule has 0 saturated carbocycles. The summed E-state index contributed by atoms with van der Waals surface area (Å²) in [6.07, 6.45) is 6.17. The molecule has 0 amide bonds. The van der Waals surface area contributed by atoms with Crippen LogP contribution in [0.15, 0.2) is 41.8 Å². The van der Waals surface area contributed by atoms with E-state index in [9.17, 15) is 4.79 Å². The van der Waals surface area contributed by atoms with E-state index in [0.717, 1.165) is 26.7 Å². The number of carboxylic acids is 1. The molecule has 0 fully saturated rings. The minimum Gasteiger partial charge on any atom is -0.478 e. The van der Waals surface area contributed by atoms with Gasteiger partial charge in [0.1, 0.15) is 0 Å². The van der Waals surface area contributed by atoms with Crippen LogP contribution in [0, 0.1) is 0 Å². The second kappa shape index (κ2) is 6.32. The second-order valence-electron chi connectivity index (χ2n) is 3.30. The van der Waals surface area contributed by atoms with Crippen LogP contribution in [0.3, 0.4) is 0 Å². The van der Waals surface area contributed by atoms with Crippen molar-refractivity contribution in [3.05, 3.63) is 46.4 Å². The Balaban J connectivity index is 1.93. The minimum atomic E-state index is -0.933. The number of carboxylic acid groups (broad SMARTS) is 1. The topological polar surface area (TPSA) is 63.1 Å². The fourth-order valence-corrected chi connectivity index (χ4v) is 2.97. The predicted molar refractivity (Wildman–Crippen MR) is 72.6 cm³/mol. The first kappa shape index (κ1) is 12.8. The normalized spacial score (nSPS) is 10.9. The quantitative estimate of drug-likeness (QED) is 0.517. The van der Waals surface area contributed by atoms with E-state index in [1.54, 1.807) is 47.6 Å². The van der Waals surface area contributed by atoms with Gasteiger partial charge in [-0.25, -0.2) is 14.8 Å². The third-order valence-corrected chi connectivity index (χ3v) is 4.12. The summed E-state index contributed by atoms with van der Waals surface area (Å²) in [5.41, 5.74) is 0. The summed E-state index contributed by atoms with van der Waals surface area (Å²) in [6, 6.07) is 5.68. The molecule has 6 heteroatoms. The van der Waals surface area contributed by atoms with E-state index in [-0.39, 0.29) is 0 Å². The van der Waals surface area contributed by atoms with Gasteiger partial charge in [-0.15, -0.1) is 11.3 Å². The molecule has 2 aromatic rings. The maximum absolute atomic E-state index is 10.4. The van der Waals surface area contributed by atoms with Crippen LogP contribution < -0.4 is 0 Å². The van der Waals surface area contributed by atoms with Gasteiger partial charge in [-0.05, 0) is 24.3 Å². The number of nitrogens with zero attached hydrogens (tertiary/aromatic N) is 2. The fraction of sp³-hybridized carbons (Fsp3) is 0.0833. The summed E-state index contributed by atoms with van der Waals surface area (Å²) >= 11 is 3.13. The molecule has 2 aromatic heterocycles. The first-order valence-corrected chi connectivity index (χ1v) is 6.94. The van der Waals surface area contributed by atoms with Crippen LogP contribution in [0.25, 0.3) is 6.08 Å². The Bertz CT molecular complexity index is 552. The van der Waals surface area contributed by atoms with Crippen molar-refractivity contribution in [1.82, 2.24) is 9.97 Å². The van der Waals surface area contributed by atoms with E-state index in [0.29, 0.717) is 0 Å². The Hall–Kier alpha value is -1.66. The summed E-state index contributed by atoms with van der Waals surface area (Å²) in [5.74, 6) is -0.146. The van der Waals surface area contributed by atoms with E-state index in [2.05, 4.69) is 9.97 Å². The van der Waals surface area contributed by atoms with E-state index in [1.807, 2.05) is 12.1 Å². The van der Waals surface area contributed by atoms with Crippen molar-refractivity contribution in [2.24, 2.45) is 0 Å². The summed E-state index contributed by atoms with van der Waals surface area (Å²) in [4.78, 5) is 20.7. The van der Waals surface area contributed by atoms with Crippen LogP contribution in [-0.2, 0) is 10.5 Å². The molecular weight excluding hydrogens is 268 g/mol. The van der Waals surface area contributed by atoms with Crippen LogP contribution in [-0.4, -0.2) is 21.0 Å². The summed E-state index contributed by atoms with van der Waals surface area (Å²) in [5, 5.41) is 9.27. The van der Waals surface area contributed by atoms with E-state index < -0.39 is 5.97 Å². The van der Waals surface area contributed by atoms with Gasteiger partial charge in [0.05, 0.1) is 0 Å². The van der Waals surface area contributed by atoms with Crippen molar-refractivity contribution in [3.63, 3.8) is 0 Å².